The van der Waals surface area contributed by atoms with Gasteiger partial charge in [-0.3, -0.25) is 4.79 Å². The first-order valence-corrected chi connectivity index (χ1v) is 12.6. The number of likely N-dealkylation sites (N-methyl/N-ethyl adjacent to an activating group) is 1. The van der Waals surface area contributed by atoms with Gasteiger partial charge in [0.1, 0.15) is 30.3 Å². The molecule has 1 heterocycles. The Morgan fingerprint density at radius 3 is 2.58 bits per heavy atom. The van der Waals surface area contributed by atoms with Crippen molar-refractivity contribution in [2.24, 2.45) is 5.92 Å². The van der Waals surface area contributed by atoms with Gasteiger partial charge in [-0.1, -0.05) is 6.07 Å². The highest BCUT2D eigenvalue weighted by atomic mass is 16.5. The molecular formula is C28H37N4O4+. The number of amides is 3. The van der Waals surface area contributed by atoms with Crippen molar-refractivity contribution in [3.8, 4) is 11.5 Å². The van der Waals surface area contributed by atoms with E-state index in [4.69, 9.17) is 9.47 Å². The van der Waals surface area contributed by atoms with E-state index >= 15 is 0 Å². The monoisotopic (exact) mass is 493 g/mol. The average Bonchev–Trinajstić information content (AvgIpc) is 2.86. The molecule has 0 unspecified atom stereocenters. The molecule has 2 aliphatic rings. The van der Waals surface area contributed by atoms with Gasteiger partial charge in [0.15, 0.2) is 0 Å². The summed E-state index contributed by atoms with van der Waals surface area (Å²) in [5.41, 5.74) is 5.82. The van der Waals surface area contributed by atoms with Crippen LogP contribution in [-0.2, 0) is 11.3 Å². The van der Waals surface area contributed by atoms with Crippen LogP contribution in [0.15, 0.2) is 30.3 Å². The number of fused-ring (bicyclic) bond motifs is 1. The number of anilines is 2. The molecule has 0 atom stereocenters. The SMILES string of the molecule is COc1cc(NC(=O)C2CCC(=[N+]3Cc4c(ccc(OCCN(C)C)c4C)NC3=O)CC2)ccc1C. The van der Waals surface area contributed by atoms with Crippen molar-refractivity contribution < 1.29 is 23.6 Å². The Labute approximate surface area is 213 Å². The maximum absolute atomic E-state index is 12.9. The molecule has 192 valence electrons. The summed E-state index contributed by atoms with van der Waals surface area (Å²) in [6.07, 6.45) is 2.87. The molecular weight excluding hydrogens is 456 g/mol. The Bertz CT molecular complexity index is 1180. The number of benzene rings is 2. The number of ether oxygens (including phenoxy) is 2. The highest BCUT2D eigenvalue weighted by Gasteiger charge is 2.34. The van der Waals surface area contributed by atoms with E-state index in [0.717, 1.165) is 64.7 Å². The summed E-state index contributed by atoms with van der Waals surface area (Å²) in [6, 6.07) is 9.44. The van der Waals surface area contributed by atoms with Gasteiger partial charge in [0.25, 0.3) is 0 Å². The van der Waals surface area contributed by atoms with Crippen molar-refractivity contribution in [1.82, 2.24) is 4.90 Å². The maximum atomic E-state index is 12.9. The van der Waals surface area contributed by atoms with E-state index in [1.165, 1.54) is 0 Å². The molecule has 1 fully saturated rings. The third kappa shape index (κ3) is 5.70. The molecule has 0 spiro atoms. The number of rotatable bonds is 7. The minimum atomic E-state index is -0.104. The number of carbonyl (C=O) groups excluding carboxylic acids is 2. The minimum absolute atomic E-state index is 0.0174. The first kappa shape index (κ1) is 25.7. The van der Waals surface area contributed by atoms with Gasteiger partial charge in [0.05, 0.1) is 12.8 Å². The lowest BCUT2D eigenvalue weighted by molar-refractivity contribution is -0.446. The maximum Gasteiger partial charge on any atom is 0.496 e. The second-order valence-corrected chi connectivity index (χ2v) is 9.90. The third-order valence-electron chi connectivity index (χ3n) is 7.14. The van der Waals surface area contributed by atoms with Crippen molar-refractivity contribution in [3.63, 3.8) is 0 Å². The Kier molecular flexibility index (Phi) is 7.94. The standard InChI is InChI=1S/C28H36N4O4/c1-18-6-9-21(16-26(18)35-5)29-27(33)20-7-10-22(11-8-20)32-17-23-19(2)25(36-15-14-31(3)4)13-12-24(23)30-28(32)34/h6,9,12-13,16,20H,7-8,10-11,14-15,17H2,1-5H3,(H-,29,30,33,34)/p+1. The molecule has 2 N–H and O–H groups in total. The highest BCUT2D eigenvalue weighted by Crippen LogP contribution is 2.33. The summed E-state index contributed by atoms with van der Waals surface area (Å²) in [5, 5.41) is 6.07. The number of urea groups is 1. The summed E-state index contributed by atoms with van der Waals surface area (Å²) < 4.78 is 13.2. The van der Waals surface area contributed by atoms with Gasteiger partial charge in [-0.15, -0.1) is 0 Å². The minimum Gasteiger partial charge on any atom is -0.496 e. The normalized spacial score (nSPS) is 17.5. The molecule has 1 aliphatic carbocycles. The Morgan fingerprint density at radius 2 is 1.89 bits per heavy atom. The zero-order valence-corrected chi connectivity index (χ0v) is 21.9. The van der Waals surface area contributed by atoms with Crippen LogP contribution in [0, 0.1) is 19.8 Å². The van der Waals surface area contributed by atoms with Crippen LogP contribution in [-0.4, -0.2) is 61.5 Å². The van der Waals surface area contributed by atoms with Gasteiger partial charge in [-0.25, -0.2) is 5.32 Å². The molecule has 0 aromatic heterocycles. The van der Waals surface area contributed by atoms with Crippen molar-refractivity contribution in [3.05, 3.63) is 47.0 Å². The lowest BCUT2D eigenvalue weighted by atomic mass is 9.86. The van der Waals surface area contributed by atoms with Crippen molar-refractivity contribution in [2.45, 2.75) is 46.1 Å². The number of nitrogens with zero attached hydrogens (tertiary/aromatic N) is 2. The van der Waals surface area contributed by atoms with Gasteiger partial charge >= 0.3 is 6.03 Å². The van der Waals surface area contributed by atoms with Crippen molar-refractivity contribution >= 4 is 29.0 Å². The highest BCUT2D eigenvalue weighted by molar-refractivity contribution is 5.96. The zero-order chi connectivity index (χ0) is 25.8. The van der Waals surface area contributed by atoms with Crippen LogP contribution < -0.4 is 20.1 Å². The van der Waals surface area contributed by atoms with Crippen molar-refractivity contribution in [1.29, 1.82) is 0 Å². The third-order valence-corrected chi connectivity index (χ3v) is 7.14. The molecule has 0 radical (unpaired) electrons. The predicted octanol–water partition coefficient (Wildman–Crippen LogP) is 4.58. The molecule has 4 rings (SSSR count). The fourth-order valence-corrected chi connectivity index (χ4v) is 4.84. The van der Waals surface area contributed by atoms with Gasteiger partial charge in [-0.2, -0.15) is 9.37 Å². The van der Waals surface area contributed by atoms with Crippen LogP contribution in [0.3, 0.4) is 0 Å². The van der Waals surface area contributed by atoms with Gasteiger partial charge in [0, 0.05) is 48.2 Å². The second-order valence-electron chi connectivity index (χ2n) is 9.90. The number of hydrogen-bond donors (Lipinski definition) is 2. The lowest BCUT2D eigenvalue weighted by Crippen LogP contribution is -2.38. The summed E-state index contributed by atoms with van der Waals surface area (Å²) in [5.74, 6) is 1.54. The first-order chi connectivity index (χ1) is 17.3. The van der Waals surface area contributed by atoms with Gasteiger partial charge in [0.2, 0.25) is 5.91 Å². The van der Waals surface area contributed by atoms with Crippen LogP contribution >= 0.6 is 0 Å². The average molecular weight is 494 g/mol. The number of hydrogen-bond acceptors (Lipinski definition) is 5. The van der Waals surface area contributed by atoms with E-state index in [1.54, 1.807) is 7.11 Å². The van der Waals surface area contributed by atoms with Crippen LogP contribution in [0.1, 0.15) is 42.4 Å². The molecule has 1 saturated carbocycles. The predicted molar refractivity (Wildman–Crippen MR) is 142 cm³/mol. The molecule has 36 heavy (non-hydrogen) atoms. The lowest BCUT2D eigenvalue weighted by Gasteiger charge is -2.25. The topological polar surface area (TPSA) is 82.9 Å². The molecule has 2 aromatic rings. The summed E-state index contributed by atoms with van der Waals surface area (Å²) in [4.78, 5) is 27.9. The summed E-state index contributed by atoms with van der Waals surface area (Å²) in [7, 11) is 5.67. The van der Waals surface area contributed by atoms with E-state index in [-0.39, 0.29) is 17.9 Å². The van der Waals surface area contributed by atoms with E-state index in [9.17, 15) is 9.59 Å². The first-order valence-electron chi connectivity index (χ1n) is 12.6. The Morgan fingerprint density at radius 1 is 1.14 bits per heavy atom. The van der Waals surface area contributed by atoms with Crippen LogP contribution in [0.5, 0.6) is 11.5 Å². The van der Waals surface area contributed by atoms with Crippen LogP contribution in [0.25, 0.3) is 0 Å². The molecule has 0 bridgehead atoms. The molecule has 0 saturated heterocycles. The summed E-state index contributed by atoms with van der Waals surface area (Å²) >= 11 is 0. The van der Waals surface area contributed by atoms with Crippen molar-refractivity contribution in [2.75, 3.05) is 45.0 Å². The van der Waals surface area contributed by atoms with Gasteiger partial charge < -0.3 is 19.7 Å². The molecule has 3 amide bonds. The molecule has 1 aliphatic heterocycles. The van der Waals surface area contributed by atoms with E-state index in [1.807, 2.05) is 62.9 Å². The quantitative estimate of drug-likeness (QED) is 0.552. The second kappa shape index (κ2) is 11.1. The Balaban J connectivity index is 1.42. The van der Waals surface area contributed by atoms with Gasteiger partial charge in [-0.05, 0) is 64.5 Å². The fourth-order valence-electron chi connectivity index (χ4n) is 4.84. The van der Waals surface area contributed by atoms with E-state index < -0.39 is 0 Å². The van der Waals surface area contributed by atoms with Crippen LogP contribution in [0.4, 0.5) is 16.2 Å². The zero-order valence-electron chi connectivity index (χ0n) is 21.9. The number of methoxy groups -OCH3 is 1. The van der Waals surface area contributed by atoms with E-state index in [2.05, 4.69) is 15.5 Å². The van der Waals surface area contributed by atoms with E-state index in [0.29, 0.717) is 26.0 Å². The fraction of sp³-hybridized carbons (Fsp3) is 0.464. The number of aryl methyl sites for hydroxylation is 1. The molecule has 2 aromatic carbocycles. The smallest absolute Gasteiger partial charge is 0.496 e. The largest absolute Gasteiger partial charge is 0.496 e. The Hall–Kier alpha value is -3.39. The number of carbonyl (C=O) groups is 2. The van der Waals surface area contributed by atoms with Crippen LogP contribution in [0.2, 0.25) is 0 Å². The molecule has 8 heteroatoms. The summed E-state index contributed by atoms with van der Waals surface area (Å²) in [6.45, 7) is 5.99. The number of nitrogens with one attached hydrogen (secondary N) is 2. The molecule has 8 nitrogen and oxygen atoms in total.